The van der Waals surface area contributed by atoms with E-state index in [1.54, 1.807) is 0 Å². The van der Waals surface area contributed by atoms with Crippen LogP contribution in [-0.4, -0.2) is 43.5 Å². The molecule has 0 saturated carbocycles. The van der Waals surface area contributed by atoms with Gasteiger partial charge in [-0.05, 0) is 61.8 Å². The van der Waals surface area contributed by atoms with Gasteiger partial charge in [-0.15, -0.1) is 0 Å². The van der Waals surface area contributed by atoms with Gasteiger partial charge in [0, 0.05) is 19.8 Å². The van der Waals surface area contributed by atoms with Gasteiger partial charge in [0.05, 0.1) is 0 Å². The Hall–Kier alpha value is 0.270. The van der Waals surface area contributed by atoms with E-state index in [-0.39, 0.29) is 0 Å². The maximum atomic E-state index is 5.55. The number of rotatable bonds is 9. The molecule has 1 rings (SSSR count). The van der Waals surface area contributed by atoms with Crippen molar-refractivity contribution in [1.82, 2.24) is 4.90 Å². The van der Waals surface area contributed by atoms with E-state index in [1.165, 1.54) is 45.3 Å². The molecule has 1 heterocycles. The molecule has 2 nitrogen and oxygen atoms in total. The van der Waals surface area contributed by atoms with Crippen molar-refractivity contribution in [2.75, 3.05) is 38.6 Å². The molecule has 0 radical (unpaired) electrons. The molecule has 0 N–H and O–H groups in total. The van der Waals surface area contributed by atoms with Crippen LogP contribution in [0.2, 0.25) is 0 Å². The first-order chi connectivity index (χ1) is 9.47. The number of hydrogen-bond acceptors (Lipinski definition) is 3. The lowest BCUT2D eigenvalue weighted by Crippen LogP contribution is -2.44. The molecule has 0 atom stereocenters. The van der Waals surface area contributed by atoms with Crippen LogP contribution in [0.25, 0.3) is 0 Å². The molecule has 1 aliphatic heterocycles. The largest absolute Gasteiger partial charge is 0.381 e. The summed E-state index contributed by atoms with van der Waals surface area (Å²) < 4.78 is 5.55. The standard InChI is InChI=1S/C17H35NOS/c1-15(2)5-9-18(10-6-16(3)4)13-17(14-20)7-11-19-12-8-17/h15-16,20H,5-14H2,1-4H3. The zero-order valence-corrected chi connectivity index (χ0v) is 14.9. The summed E-state index contributed by atoms with van der Waals surface area (Å²) in [6.07, 6.45) is 4.96. The minimum absolute atomic E-state index is 0.384. The molecule has 120 valence electrons. The van der Waals surface area contributed by atoms with Gasteiger partial charge in [-0.2, -0.15) is 12.6 Å². The first kappa shape index (κ1) is 18.3. The van der Waals surface area contributed by atoms with E-state index in [9.17, 15) is 0 Å². The number of thiol groups is 1. The molecule has 20 heavy (non-hydrogen) atoms. The zero-order valence-electron chi connectivity index (χ0n) is 14.0. The minimum atomic E-state index is 0.384. The van der Waals surface area contributed by atoms with Crippen LogP contribution >= 0.6 is 12.6 Å². The lowest BCUT2D eigenvalue weighted by Gasteiger charge is -2.40. The summed E-state index contributed by atoms with van der Waals surface area (Å²) in [5.41, 5.74) is 0.384. The molecule has 0 bridgehead atoms. The van der Waals surface area contributed by atoms with Crippen molar-refractivity contribution in [2.24, 2.45) is 17.3 Å². The molecule has 0 unspecified atom stereocenters. The Bertz CT molecular complexity index is 237. The van der Waals surface area contributed by atoms with Crippen LogP contribution in [0.5, 0.6) is 0 Å². The van der Waals surface area contributed by atoms with Crippen molar-refractivity contribution < 1.29 is 4.74 Å². The predicted molar refractivity (Wildman–Crippen MR) is 91.7 cm³/mol. The van der Waals surface area contributed by atoms with Gasteiger partial charge in [0.1, 0.15) is 0 Å². The number of nitrogens with zero attached hydrogens (tertiary/aromatic N) is 1. The number of hydrogen-bond donors (Lipinski definition) is 1. The molecule has 3 heteroatoms. The van der Waals surface area contributed by atoms with E-state index in [2.05, 4.69) is 45.2 Å². The normalized spacial score (nSPS) is 19.2. The zero-order chi connectivity index (χ0) is 15.0. The van der Waals surface area contributed by atoms with Gasteiger partial charge < -0.3 is 9.64 Å². The van der Waals surface area contributed by atoms with Crippen LogP contribution in [-0.2, 0) is 4.74 Å². The van der Waals surface area contributed by atoms with Crippen molar-refractivity contribution >= 4 is 12.6 Å². The van der Waals surface area contributed by atoms with Gasteiger partial charge in [0.15, 0.2) is 0 Å². The van der Waals surface area contributed by atoms with Crippen molar-refractivity contribution in [3.05, 3.63) is 0 Å². The third-order valence-electron chi connectivity index (χ3n) is 4.49. The summed E-state index contributed by atoms with van der Waals surface area (Å²) in [7, 11) is 0. The SMILES string of the molecule is CC(C)CCN(CCC(C)C)CC1(CS)CCOCC1. The van der Waals surface area contributed by atoms with E-state index >= 15 is 0 Å². The van der Waals surface area contributed by atoms with Crippen LogP contribution in [0.4, 0.5) is 0 Å². The molecule has 0 aromatic heterocycles. The first-order valence-corrected chi connectivity index (χ1v) is 9.01. The Morgan fingerprint density at radius 1 is 1.00 bits per heavy atom. The quantitative estimate of drug-likeness (QED) is 0.644. The lowest BCUT2D eigenvalue weighted by molar-refractivity contribution is 0.00642. The summed E-state index contributed by atoms with van der Waals surface area (Å²) in [6.45, 7) is 14.8. The Labute approximate surface area is 132 Å². The second kappa shape index (κ2) is 9.32. The highest BCUT2D eigenvalue weighted by Gasteiger charge is 2.33. The second-order valence-electron chi connectivity index (χ2n) is 7.41. The molecule has 1 aliphatic rings. The fraction of sp³-hybridized carbons (Fsp3) is 1.00. The highest BCUT2D eigenvalue weighted by Crippen LogP contribution is 2.33. The van der Waals surface area contributed by atoms with Crippen LogP contribution < -0.4 is 0 Å². The van der Waals surface area contributed by atoms with Crippen LogP contribution in [0.1, 0.15) is 53.4 Å². The summed E-state index contributed by atoms with van der Waals surface area (Å²) >= 11 is 4.66. The van der Waals surface area contributed by atoms with Gasteiger partial charge >= 0.3 is 0 Å². The Morgan fingerprint density at radius 2 is 1.50 bits per heavy atom. The van der Waals surface area contributed by atoms with Crippen molar-refractivity contribution in [2.45, 2.75) is 53.4 Å². The summed E-state index contributed by atoms with van der Waals surface area (Å²) in [4.78, 5) is 2.70. The van der Waals surface area contributed by atoms with Crippen LogP contribution in [0, 0.1) is 17.3 Å². The molecule has 0 aliphatic carbocycles. The average Bonchev–Trinajstić information content (AvgIpc) is 2.42. The lowest BCUT2D eigenvalue weighted by atomic mass is 9.81. The topological polar surface area (TPSA) is 12.5 Å². The monoisotopic (exact) mass is 301 g/mol. The Morgan fingerprint density at radius 3 is 1.90 bits per heavy atom. The smallest absolute Gasteiger partial charge is 0.0472 e. The van der Waals surface area contributed by atoms with E-state index in [0.717, 1.165) is 30.8 Å². The predicted octanol–water partition coefficient (Wildman–Crippen LogP) is 4.11. The van der Waals surface area contributed by atoms with Crippen LogP contribution in [0.3, 0.4) is 0 Å². The summed E-state index contributed by atoms with van der Waals surface area (Å²) in [5.74, 6) is 2.58. The molecule has 0 aromatic rings. The van der Waals surface area contributed by atoms with Gasteiger partial charge in [0.25, 0.3) is 0 Å². The molecular weight excluding hydrogens is 266 g/mol. The first-order valence-electron chi connectivity index (χ1n) is 8.38. The number of ether oxygens (including phenoxy) is 1. The molecule has 0 aromatic carbocycles. The molecule has 0 amide bonds. The van der Waals surface area contributed by atoms with Gasteiger partial charge in [0.2, 0.25) is 0 Å². The summed E-state index contributed by atoms with van der Waals surface area (Å²) in [5, 5.41) is 0. The van der Waals surface area contributed by atoms with E-state index in [1.807, 2.05) is 0 Å². The fourth-order valence-electron chi connectivity index (χ4n) is 2.80. The maximum absolute atomic E-state index is 5.55. The maximum Gasteiger partial charge on any atom is 0.0472 e. The Balaban J connectivity index is 2.55. The van der Waals surface area contributed by atoms with Crippen molar-refractivity contribution in [1.29, 1.82) is 0 Å². The fourth-order valence-corrected chi connectivity index (χ4v) is 3.21. The second-order valence-corrected chi connectivity index (χ2v) is 7.73. The highest BCUT2D eigenvalue weighted by molar-refractivity contribution is 7.80. The summed E-state index contributed by atoms with van der Waals surface area (Å²) in [6, 6.07) is 0. The van der Waals surface area contributed by atoms with Gasteiger partial charge in [-0.1, -0.05) is 27.7 Å². The highest BCUT2D eigenvalue weighted by atomic mass is 32.1. The molecule has 1 saturated heterocycles. The van der Waals surface area contributed by atoms with Crippen LogP contribution in [0.15, 0.2) is 0 Å². The van der Waals surface area contributed by atoms with E-state index < -0.39 is 0 Å². The Kier molecular flexibility index (Phi) is 8.54. The average molecular weight is 302 g/mol. The third-order valence-corrected chi connectivity index (χ3v) is 5.16. The van der Waals surface area contributed by atoms with E-state index in [4.69, 9.17) is 4.74 Å². The van der Waals surface area contributed by atoms with Crippen molar-refractivity contribution in [3.63, 3.8) is 0 Å². The third kappa shape index (κ3) is 6.82. The molecule has 0 spiro atoms. The molecule has 1 fully saturated rings. The van der Waals surface area contributed by atoms with Gasteiger partial charge in [-0.25, -0.2) is 0 Å². The minimum Gasteiger partial charge on any atom is -0.381 e. The van der Waals surface area contributed by atoms with E-state index in [0.29, 0.717) is 5.41 Å². The van der Waals surface area contributed by atoms with Gasteiger partial charge in [-0.3, -0.25) is 0 Å². The van der Waals surface area contributed by atoms with Crippen molar-refractivity contribution in [3.8, 4) is 0 Å². The molecular formula is C17H35NOS.